The molecular formula is C10H9Cl2NO2. The summed E-state index contributed by atoms with van der Waals surface area (Å²) in [5.74, 6) is -0.474. The van der Waals surface area contributed by atoms with E-state index >= 15 is 0 Å². The van der Waals surface area contributed by atoms with Gasteiger partial charge in [-0.25, -0.2) is 0 Å². The van der Waals surface area contributed by atoms with Gasteiger partial charge in [-0.3, -0.25) is 4.79 Å². The fourth-order valence-electron chi connectivity index (χ4n) is 0.973. The Balaban J connectivity index is 2.92. The van der Waals surface area contributed by atoms with Gasteiger partial charge in [-0.15, -0.1) is 0 Å². The zero-order valence-corrected chi connectivity index (χ0v) is 9.43. The maximum Gasteiger partial charge on any atom is 0.248 e. The first-order valence-electron chi connectivity index (χ1n) is 4.16. The predicted octanol–water partition coefficient (Wildman–Crippen LogP) is 3.21. The van der Waals surface area contributed by atoms with Crippen molar-refractivity contribution in [3.05, 3.63) is 34.3 Å². The molecule has 1 amide bonds. The van der Waals surface area contributed by atoms with E-state index in [1.165, 1.54) is 18.2 Å². The summed E-state index contributed by atoms with van der Waals surface area (Å²) in [6.07, 6.45) is 2.98. The average Bonchev–Trinajstić information content (AvgIpc) is 2.14. The van der Waals surface area contributed by atoms with Gasteiger partial charge >= 0.3 is 0 Å². The van der Waals surface area contributed by atoms with E-state index in [9.17, 15) is 9.90 Å². The van der Waals surface area contributed by atoms with Crippen LogP contribution in [0.25, 0.3) is 0 Å². The van der Waals surface area contributed by atoms with Crippen LogP contribution < -0.4 is 5.32 Å². The van der Waals surface area contributed by atoms with Crippen LogP contribution in [0.2, 0.25) is 10.0 Å². The molecule has 0 bridgehead atoms. The van der Waals surface area contributed by atoms with Gasteiger partial charge in [-0.05, 0) is 25.1 Å². The zero-order valence-electron chi connectivity index (χ0n) is 7.92. The molecule has 0 saturated carbocycles. The third kappa shape index (κ3) is 3.15. The highest BCUT2D eigenvalue weighted by molar-refractivity contribution is 6.37. The number of benzene rings is 1. The lowest BCUT2D eigenvalue weighted by atomic mass is 10.3. The van der Waals surface area contributed by atoms with E-state index < -0.39 is 0 Å². The Hall–Kier alpha value is -1.19. The van der Waals surface area contributed by atoms with E-state index in [1.807, 2.05) is 0 Å². The third-order valence-corrected chi connectivity index (χ3v) is 2.18. The van der Waals surface area contributed by atoms with Crippen molar-refractivity contribution in [2.75, 3.05) is 5.32 Å². The molecule has 0 spiro atoms. The van der Waals surface area contributed by atoms with Crippen molar-refractivity contribution in [2.24, 2.45) is 0 Å². The summed E-state index contributed by atoms with van der Waals surface area (Å²) in [7, 11) is 0. The van der Waals surface area contributed by atoms with Crippen LogP contribution in [0.3, 0.4) is 0 Å². The largest absolute Gasteiger partial charge is 0.505 e. The van der Waals surface area contributed by atoms with Crippen LogP contribution in [-0.2, 0) is 4.79 Å². The molecule has 0 aliphatic heterocycles. The first-order valence-corrected chi connectivity index (χ1v) is 4.92. The minimum atomic E-state index is -0.282. The number of hydrogen-bond acceptors (Lipinski definition) is 2. The number of nitrogens with one attached hydrogen (secondary N) is 1. The number of halogens is 2. The van der Waals surface area contributed by atoms with Crippen LogP contribution in [0, 0.1) is 0 Å². The predicted molar refractivity (Wildman–Crippen MR) is 61.6 cm³/mol. The lowest BCUT2D eigenvalue weighted by Gasteiger charge is -2.05. The molecule has 0 aliphatic rings. The molecule has 0 radical (unpaired) electrons. The minimum absolute atomic E-state index is 0.0956. The number of amides is 1. The van der Waals surface area contributed by atoms with Crippen LogP contribution in [-0.4, -0.2) is 11.0 Å². The van der Waals surface area contributed by atoms with Gasteiger partial charge in [0.1, 0.15) is 0 Å². The molecule has 1 aromatic rings. The fourth-order valence-corrected chi connectivity index (χ4v) is 1.46. The van der Waals surface area contributed by atoms with Gasteiger partial charge in [0.15, 0.2) is 5.75 Å². The van der Waals surface area contributed by atoms with Gasteiger partial charge in [0, 0.05) is 5.69 Å². The molecule has 2 N–H and O–H groups in total. The molecule has 0 saturated heterocycles. The SMILES string of the molecule is C/C=C/C(=O)Nc1cc(Cl)c(O)c(Cl)c1. The summed E-state index contributed by atoms with van der Waals surface area (Å²) in [5.41, 5.74) is 0.436. The standard InChI is InChI=1S/C10H9Cl2NO2/c1-2-3-9(14)13-6-4-7(11)10(15)8(12)5-6/h2-5,15H,1H3,(H,13,14)/b3-2+. The summed E-state index contributed by atoms with van der Waals surface area (Å²) in [6, 6.07) is 2.84. The number of phenols is 1. The Morgan fingerprint density at radius 2 is 1.93 bits per heavy atom. The second kappa shape index (κ2) is 5.05. The highest BCUT2D eigenvalue weighted by atomic mass is 35.5. The molecule has 0 heterocycles. The van der Waals surface area contributed by atoms with Gasteiger partial charge in [-0.2, -0.15) is 0 Å². The van der Waals surface area contributed by atoms with Crippen LogP contribution in [0.5, 0.6) is 5.75 Å². The number of phenolic OH excluding ortho intramolecular Hbond substituents is 1. The first-order chi connectivity index (χ1) is 7.04. The van der Waals surface area contributed by atoms with Gasteiger partial charge < -0.3 is 10.4 Å². The molecule has 5 heteroatoms. The summed E-state index contributed by atoms with van der Waals surface area (Å²) in [6.45, 7) is 1.73. The van der Waals surface area contributed by atoms with Gasteiger partial charge in [0.05, 0.1) is 10.0 Å². The van der Waals surface area contributed by atoms with E-state index in [1.54, 1.807) is 13.0 Å². The van der Waals surface area contributed by atoms with Crippen LogP contribution in [0.1, 0.15) is 6.92 Å². The molecule has 15 heavy (non-hydrogen) atoms. The number of carbonyl (C=O) groups is 1. The highest BCUT2D eigenvalue weighted by Crippen LogP contribution is 2.34. The molecule has 80 valence electrons. The Morgan fingerprint density at radius 1 is 1.40 bits per heavy atom. The smallest absolute Gasteiger partial charge is 0.248 e. The third-order valence-electron chi connectivity index (χ3n) is 1.60. The number of rotatable bonds is 2. The fraction of sp³-hybridized carbons (Fsp3) is 0.100. The molecule has 0 atom stereocenters. The van der Waals surface area contributed by atoms with Crippen molar-refractivity contribution in [1.29, 1.82) is 0 Å². The second-order valence-corrected chi connectivity index (χ2v) is 3.59. The molecule has 0 aliphatic carbocycles. The number of anilines is 1. The van der Waals surface area contributed by atoms with Crippen molar-refractivity contribution in [3.8, 4) is 5.75 Å². The topological polar surface area (TPSA) is 49.3 Å². The zero-order chi connectivity index (χ0) is 11.4. The monoisotopic (exact) mass is 245 g/mol. The van der Waals surface area contributed by atoms with Crippen molar-refractivity contribution in [2.45, 2.75) is 6.92 Å². The Bertz CT molecular complexity index is 393. The molecular weight excluding hydrogens is 237 g/mol. The van der Waals surface area contributed by atoms with Gasteiger partial charge in [-0.1, -0.05) is 29.3 Å². The highest BCUT2D eigenvalue weighted by Gasteiger charge is 2.07. The summed E-state index contributed by atoms with van der Waals surface area (Å²) >= 11 is 11.4. The van der Waals surface area contributed by atoms with Crippen LogP contribution in [0.15, 0.2) is 24.3 Å². The van der Waals surface area contributed by atoms with Crippen LogP contribution >= 0.6 is 23.2 Å². The number of hydrogen-bond donors (Lipinski definition) is 2. The summed E-state index contributed by atoms with van der Waals surface area (Å²) in [4.78, 5) is 11.2. The molecule has 1 aromatic carbocycles. The number of allylic oxidation sites excluding steroid dienone is 1. The van der Waals surface area contributed by atoms with Crippen molar-refractivity contribution in [1.82, 2.24) is 0 Å². The van der Waals surface area contributed by atoms with E-state index in [0.717, 1.165) is 0 Å². The molecule has 3 nitrogen and oxygen atoms in total. The Labute approximate surface area is 97.3 Å². The van der Waals surface area contributed by atoms with Gasteiger partial charge in [0.2, 0.25) is 5.91 Å². The lowest BCUT2D eigenvalue weighted by Crippen LogP contribution is -2.07. The van der Waals surface area contributed by atoms with E-state index in [0.29, 0.717) is 5.69 Å². The molecule has 1 rings (SSSR count). The maximum absolute atomic E-state index is 11.2. The van der Waals surface area contributed by atoms with E-state index in [2.05, 4.69) is 5.32 Å². The quantitative estimate of drug-likeness (QED) is 0.621. The van der Waals surface area contributed by atoms with E-state index in [4.69, 9.17) is 23.2 Å². The molecule has 0 unspecified atom stereocenters. The number of aromatic hydroxyl groups is 1. The second-order valence-electron chi connectivity index (χ2n) is 2.78. The average molecular weight is 246 g/mol. The molecule has 0 aromatic heterocycles. The van der Waals surface area contributed by atoms with Crippen molar-refractivity contribution >= 4 is 34.8 Å². The maximum atomic E-state index is 11.2. The lowest BCUT2D eigenvalue weighted by molar-refractivity contribution is -0.111. The first kappa shape index (κ1) is 11.9. The molecule has 0 fully saturated rings. The van der Waals surface area contributed by atoms with Crippen molar-refractivity contribution in [3.63, 3.8) is 0 Å². The minimum Gasteiger partial charge on any atom is -0.505 e. The van der Waals surface area contributed by atoms with Crippen LogP contribution in [0.4, 0.5) is 5.69 Å². The summed E-state index contributed by atoms with van der Waals surface area (Å²) in [5, 5.41) is 12.0. The van der Waals surface area contributed by atoms with E-state index in [-0.39, 0.29) is 21.7 Å². The van der Waals surface area contributed by atoms with Gasteiger partial charge in [0.25, 0.3) is 0 Å². The normalized spacial score (nSPS) is 10.6. The Kier molecular flexibility index (Phi) is 4.00. The number of carbonyl (C=O) groups excluding carboxylic acids is 1. The Morgan fingerprint density at radius 3 is 2.40 bits per heavy atom. The summed E-state index contributed by atoms with van der Waals surface area (Å²) < 4.78 is 0. The van der Waals surface area contributed by atoms with Crippen molar-refractivity contribution < 1.29 is 9.90 Å².